The van der Waals surface area contributed by atoms with E-state index in [0.29, 0.717) is 19.5 Å². The highest BCUT2D eigenvalue weighted by Crippen LogP contribution is 2.31. The maximum atomic E-state index is 13.0. The SMILES string of the molecule is CC(C)(C)OC(=O)C(Cc1cccc(Br)c1)C1CCN(C(=O)OC(C)(C)C)C1. The molecule has 2 rings (SSSR count). The second kappa shape index (κ2) is 8.85. The summed E-state index contributed by atoms with van der Waals surface area (Å²) in [5.74, 6) is -0.467. The van der Waals surface area contributed by atoms with Crippen molar-refractivity contribution < 1.29 is 19.1 Å². The lowest BCUT2D eigenvalue weighted by molar-refractivity contribution is -0.161. The standard InChI is InChI=1S/C22H32BrNO4/c1-21(2,3)27-19(25)18(13-15-8-7-9-17(23)12-15)16-10-11-24(14-16)20(26)28-22(4,5)6/h7-9,12,16,18H,10-11,13-14H2,1-6H3. The number of hydrogen-bond acceptors (Lipinski definition) is 4. The number of halogens is 1. The predicted molar refractivity (Wildman–Crippen MR) is 113 cm³/mol. The highest BCUT2D eigenvalue weighted by molar-refractivity contribution is 9.10. The first kappa shape index (κ1) is 22.7. The maximum Gasteiger partial charge on any atom is 0.410 e. The molecule has 5 nitrogen and oxygen atoms in total. The molecule has 28 heavy (non-hydrogen) atoms. The van der Waals surface area contributed by atoms with Gasteiger partial charge in [0.2, 0.25) is 0 Å². The Hall–Kier alpha value is -1.56. The minimum absolute atomic E-state index is 0.0429. The van der Waals surface area contributed by atoms with E-state index in [1.165, 1.54) is 0 Å². The van der Waals surface area contributed by atoms with Crippen LogP contribution in [-0.2, 0) is 20.7 Å². The summed E-state index contributed by atoms with van der Waals surface area (Å²) in [7, 11) is 0. The van der Waals surface area contributed by atoms with Crippen molar-refractivity contribution in [3.63, 3.8) is 0 Å². The molecule has 0 N–H and O–H groups in total. The van der Waals surface area contributed by atoms with Crippen molar-refractivity contribution in [2.24, 2.45) is 11.8 Å². The van der Waals surface area contributed by atoms with Crippen LogP contribution in [0.3, 0.4) is 0 Å². The van der Waals surface area contributed by atoms with E-state index in [0.717, 1.165) is 16.5 Å². The van der Waals surface area contributed by atoms with Crippen LogP contribution in [0, 0.1) is 11.8 Å². The van der Waals surface area contributed by atoms with Crippen molar-refractivity contribution in [2.45, 2.75) is 65.6 Å². The van der Waals surface area contributed by atoms with Gasteiger partial charge < -0.3 is 14.4 Å². The van der Waals surface area contributed by atoms with Crippen LogP contribution in [0.1, 0.15) is 53.5 Å². The zero-order valence-electron chi connectivity index (χ0n) is 17.8. The van der Waals surface area contributed by atoms with Gasteiger partial charge in [0, 0.05) is 17.6 Å². The largest absolute Gasteiger partial charge is 0.460 e. The van der Waals surface area contributed by atoms with Gasteiger partial charge in [0.15, 0.2) is 0 Å². The lowest BCUT2D eigenvalue weighted by atomic mass is 9.86. The second-order valence-corrected chi connectivity index (χ2v) is 10.4. The number of ether oxygens (including phenoxy) is 2. The lowest BCUT2D eigenvalue weighted by Crippen LogP contribution is -2.38. The minimum atomic E-state index is -0.546. The first-order valence-corrected chi connectivity index (χ1v) is 10.6. The van der Waals surface area contributed by atoms with E-state index in [2.05, 4.69) is 15.9 Å². The smallest absolute Gasteiger partial charge is 0.410 e. The molecule has 0 radical (unpaired) electrons. The summed E-state index contributed by atoms with van der Waals surface area (Å²) in [5.41, 5.74) is -0.00694. The van der Waals surface area contributed by atoms with Gasteiger partial charge in [-0.1, -0.05) is 28.1 Å². The molecule has 1 aliphatic rings. The summed E-state index contributed by atoms with van der Waals surface area (Å²) in [4.78, 5) is 27.1. The van der Waals surface area contributed by atoms with Crippen LogP contribution in [0.2, 0.25) is 0 Å². The molecule has 0 saturated carbocycles. The molecule has 2 atom stereocenters. The van der Waals surface area contributed by atoms with Gasteiger partial charge in [0.1, 0.15) is 11.2 Å². The monoisotopic (exact) mass is 453 g/mol. The number of likely N-dealkylation sites (tertiary alicyclic amines) is 1. The highest BCUT2D eigenvalue weighted by Gasteiger charge is 2.39. The van der Waals surface area contributed by atoms with Gasteiger partial charge in [0.05, 0.1) is 5.92 Å². The van der Waals surface area contributed by atoms with Gasteiger partial charge >= 0.3 is 12.1 Å². The zero-order chi connectivity index (χ0) is 21.1. The molecule has 1 saturated heterocycles. The number of nitrogens with zero attached hydrogens (tertiary/aromatic N) is 1. The molecule has 1 aromatic carbocycles. The van der Waals surface area contributed by atoms with E-state index in [9.17, 15) is 9.59 Å². The second-order valence-electron chi connectivity index (χ2n) is 9.45. The van der Waals surface area contributed by atoms with Crippen LogP contribution < -0.4 is 0 Å². The zero-order valence-corrected chi connectivity index (χ0v) is 19.3. The summed E-state index contributed by atoms with van der Waals surface area (Å²) in [6.07, 6.45) is 1.03. The number of amides is 1. The molecular weight excluding hydrogens is 422 g/mol. The molecule has 6 heteroatoms. The summed E-state index contributed by atoms with van der Waals surface area (Å²) in [6.45, 7) is 12.3. The number of benzene rings is 1. The maximum absolute atomic E-state index is 13.0. The number of rotatable bonds is 4. The molecule has 0 spiro atoms. The fraction of sp³-hybridized carbons (Fsp3) is 0.636. The Balaban J connectivity index is 2.15. The van der Waals surface area contributed by atoms with Gasteiger partial charge in [-0.15, -0.1) is 0 Å². The fourth-order valence-electron chi connectivity index (χ4n) is 3.35. The van der Waals surface area contributed by atoms with E-state index < -0.39 is 11.2 Å². The minimum Gasteiger partial charge on any atom is -0.460 e. The fourth-order valence-corrected chi connectivity index (χ4v) is 3.79. The lowest BCUT2D eigenvalue weighted by Gasteiger charge is -2.28. The van der Waals surface area contributed by atoms with Crippen molar-refractivity contribution in [3.05, 3.63) is 34.3 Å². The molecular formula is C22H32BrNO4. The average Bonchev–Trinajstić information content (AvgIpc) is 2.99. The van der Waals surface area contributed by atoms with Gasteiger partial charge in [-0.25, -0.2) is 4.79 Å². The summed E-state index contributed by atoms with van der Waals surface area (Å²) >= 11 is 3.49. The van der Waals surface area contributed by atoms with Crippen molar-refractivity contribution >= 4 is 28.0 Å². The molecule has 1 heterocycles. The molecule has 1 amide bonds. The topological polar surface area (TPSA) is 55.8 Å². The van der Waals surface area contributed by atoms with Crippen LogP contribution in [0.5, 0.6) is 0 Å². The van der Waals surface area contributed by atoms with E-state index >= 15 is 0 Å². The van der Waals surface area contributed by atoms with Crippen LogP contribution >= 0.6 is 15.9 Å². The van der Waals surface area contributed by atoms with E-state index in [1.54, 1.807) is 4.90 Å². The third kappa shape index (κ3) is 7.12. The Morgan fingerprint density at radius 3 is 2.36 bits per heavy atom. The molecule has 0 aromatic heterocycles. The quantitative estimate of drug-likeness (QED) is 0.587. The van der Waals surface area contributed by atoms with Gasteiger partial charge in [-0.3, -0.25) is 4.79 Å². The number of carbonyl (C=O) groups excluding carboxylic acids is 2. The first-order chi connectivity index (χ1) is 12.8. The van der Waals surface area contributed by atoms with Gasteiger partial charge in [-0.05, 0) is 78.0 Å². The molecule has 1 aliphatic heterocycles. The van der Waals surface area contributed by atoms with Crippen molar-refractivity contribution in [1.82, 2.24) is 4.90 Å². The van der Waals surface area contributed by atoms with Crippen LogP contribution in [0.15, 0.2) is 28.7 Å². The summed E-state index contributed by atoms with van der Waals surface area (Å²) in [6, 6.07) is 7.97. The predicted octanol–water partition coefficient (Wildman–Crippen LogP) is 5.21. The number of carbonyl (C=O) groups is 2. The Morgan fingerprint density at radius 1 is 1.14 bits per heavy atom. The molecule has 0 bridgehead atoms. The van der Waals surface area contributed by atoms with Crippen LogP contribution in [-0.4, -0.2) is 41.3 Å². The van der Waals surface area contributed by atoms with Crippen molar-refractivity contribution in [1.29, 1.82) is 0 Å². The molecule has 156 valence electrons. The van der Waals surface area contributed by atoms with Crippen LogP contribution in [0.25, 0.3) is 0 Å². The molecule has 1 aromatic rings. The summed E-state index contributed by atoms with van der Waals surface area (Å²) < 4.78 is 12.2. The van der Waals surface area contributed by atoms with E-state index in [1.807, 2.05) is 65.8 Å². The van der Waals surface area contributed by atoms with E-state index in [-0.39, 0.29) is 23.9 Å². The number of hydrogen-bond donors (Lipinski definition) is 0. The van der Waals surface area contributed by atoms with Crippen molar-refractivity contribution in [2.75, 3.05) is 13.1 Å². The average molecular weight is 454 g/mol. The first-order valence-electron chi connectivity index (χ1n) is 9.79. The molecule has 1 fully saturated rings. The Bertz CT molecular complexity index is 705. The number of esters is 1. The normalized spacial score (nSPS) is 18.7. The van der Waals surface area contributed by atoms with E-state index in [4.69, 9.17) is 9.47 Å². The third-order valence-electron chi connectivity index (χ3n) is 4.50. The Labute approximate surface area is 176 Å². The Kier molecular flexibility index (Phi) is 7.18. The van der Waals surface area contributed by atoms with Gasteiger partial charge in [0.25, 0.3) is 0 Å². The van der Waals surface area contributed by atoms with Gasteiger partial charge in [-0.2, -0.15) is 0 Å². The molecule has 0 aliphatic carbocycles. The van der Waals surface area contributed by atoms with Crippen molar-refractivity contribution in [3.8, 4) is 0 Å². The molecule has 2 unspecified atom stereocenters. The summed E-state index contributed by atoms with van der Waals surface area (Å²) in [5, 5.41) is 0. The third-order valence-corrected chi connectivity index (χ3v) is 4.99. The Morgan fingerprint density at radius 2 is 1.79 bits per heavy atom. The van der Waals surface area contributed by atoms with Crippen LogP contribution in [0.4, 0.5) is 4.79 Å². The highest BCUT2D eigenvalue weighted by atomic mass is 79.9.